The van der Waals surface area contributed by atoms with E-state index in [0.717, 1.165) is 61.5 Å². The van der Waals surface area contributed by atoms with Crippen molar-refractivity contribution in [3.63, 3.8) is 0 Å². The molecular weight excluding hydrogens is 666 g/mol. The summed E-state index contributed by atoms with van der Waals surface area (Å²) in [4.78, 5) is 41.6. The second-order valence-electron chi connectivity index (χ2n) is 9.40. The molecule has 0 aliphatic heterocycles. The second kappa shape index (κ2) is 15.5. The van der Waals surface area contributed by atoms with Gasteiger partial charge in [0.05, 0.1) is 30.1 Å². The summed E-state index contributed by atoms with van der Waals surface area (Å²) in [5, 5.41) is 4.00. The van der Waals surface area contributed by atoms with Crippen LogP contribution in [0.25, 0.3) is 27.8 Å². The molecule has 5 aromatic rings. The normalized spacial score (nSPS) is 11.1. The van der Waals surface area contributed by atoms with Gasteiger partial charge in [0.25, 0.3) is 5.56 Å². The van der Waals surface area contributed by atoms with Gasteiger partial charge in [-0.05, 0) is 65.6 Å². The van der Waals surface area contributed by atoms with Crippen molar-refractivity contribution >= 4 is 68.0 Å². The zero-order chi connectivity index (χ0) is 29.9. The number of methoxy groups -OCH3 is 1. The fourth-order valence-electron chi connectivity index (χ4n) is 4.47. The summed E-state index contributed by atoms with van der Waals surface area (Å²) >= 11 is 2.26. The van der Waals surface area contributed by atoms with Crippen LogP contribution in [-0.2, 0) is 16.0 Å². The summed E-state index contributed by atoms with van der Waals surface area (Å²) in [6.07, 6.45) is 8.46. The topological polar surface area (TPSA) is 143 Å². The fourth-order valence-corrected chi connectivity index (χ4v) is 5.87. The lowest BCUT2D eigenvalue weighted by atomic mass is 10.1. The van der Waals surface area contributed by atoms with Gasteiger partial charge in [0.1, 0.15) is 18.5 Å². The number of aryl methyl sites for hydroxylation is 1. The third-order valence-electron chi connectivity index (χ3n) is 6.51. The van der Waals surface area contributed by atoms with Gasteiger partial charge in [0.2, 0.25) is 0 Å². The minimum Gasteiger partial charge on any atom is -0.469 e. The van der Waals surface area contributed by atoms with Crippen LogP contribution in [0, 0.1) is 0 Å². The number of hydrogen-bond acceptors (Lipinski definition) is 9. The molecule has 0 aliphatic rings. The minimum absolute atomic E-state index is 0.0524. The number of rotatable bonds is 11. The van der Waals surface area contributed by atoms with Gasteiger partial charge in [0, 0.05) is 25.1 Å². The van der Waals surface area contributed by atoms with Gasteiger partial charge in [-0.1, -0.05) is 37.6 Å². The van der Waals surface area contributed by atoms with Gasteiger partial charge in [-0.3, -0.25) is 18.5 Å². The molecule has 3 aromatic heterocycles. The number of hydrogen-bond donors (Lipinski definition) is 2. The smallest absolute Gasteiger partial charge is 0.305 e. The highest BCUT2D eigenvalue weighted by atomic mass is 127. The van der Waals surface area contributed by atoms with Gasteiger partial charge in [-0.15, -0.1) is 0 Å². The van der Waals surface area contributed by atoms with E-state index in [1.54, 1.807) is 10.9 Å². The lowest BCUT2D eigenvalue weighted by molar-refractivity contribution is -0.140. The Morgan fingerprint density at radius 3 is 2.62 bits per heavy atom. The van der Waals surface area contributed by atoms with Crippen molar-refractivity contribution in [1.29, 1.82) is 0 Å². The van der Waals surface area contributed by atoms with Crippen LogP contribution in [0.1, 0.15) is 44.9 Å². The highest BCUT2D eigenvalue weighted by Gasteiger charge is 2.15. The van der Waals surface area contributed by atoms with Crippen molar-refractivity contribution in [2.24, 2.45) is 0 Å². The van der Waals surface area contributed by atoms with Crippen molar-refractivity contribution in [1.82, 2.24) is 28.8 Å². The lowest BCUT2D eigenvalue weighted by Crippen LogP contribution is -2.24. The Morgan fingerprint density at radius 1 is 1.07 bits per heavy atom. The van der Waals surface area contributed by atoms with Crippen LogP contribution < -0.4 is 16.6 Å². The zero-order valence-corrected chi connectivity index (χ0v) is 26.7. The van der Waals surface area contributed by atoms with E-state index in [0.29, 0.717) is 35.0 Å². The molecule has 2 aromatic carbocycles. The lowest BCUT2D eigenvalue weighted by Gasteiger charge is -2.15. The number of imidazole rings is 1. The standard InChI is InChI=1S/C24H29N3O3.C5H5IN5P/c1-3-11-21-26-20-15-10-14-19(25-17-9-5-8-16-22(28)30-2)23(20)24(29)27(21)18-12-6-4-7-13-18;6-12-11-2-10-3-4(7)8-1-9-5(3)11/h4,6-7,10,12-15,25H,3,5,8-9,11,16-17H2,1-2H3;1-2,12H,(H2,7,8,9). The number of nitrogen functional groups attached to an aromatic ring is 1. The Bertz CT molecular complexity index is 1690. The molecule has 220 valence electrons. The number of carbonyl (C=O) groups excluding carboxylic acids is 1. The maximum absolute atomic E-state index is 13.5. The third-order valence-corrected chi connectivity index (χ3v) is 8.58. The summed E-state index contributed by atoms with van der Waals surface area (Å²) < 4.78 is 8.33. The van der Waals surface area contributed by atoms with Gasteiger partial charge in [-0.25, -0.2) is 19.9 Å². The Morgan fingerprint density at radius 2 is 1.88 bits per heavy atom. The predicted octanol–water partition coefficient (Wildman–Crippen LogP) is 5.68. The van der Waals surface area contributed by atoms with E-state index in [1.165, 1.54) is 13.4 Å². The van der Waals surface area contributed by atoms with Crippen molar-refractivity contribution in [3.8, 4) is 5.69 Å². The number of nitrogens with one attached hydrogen (secondary N) is 1. The number of ether oxygens (including phenoxy) is 1. The molecule has 1 unspecified atom stereocenters. The van der Waals surface area contributed by atoms with Crippen LogP contribution in [0.5, 0.6) is 0 Å². The maximum Gasteiger partial charge on any atom is 0.305 e. The number of aromatic nitrogens is 6. The molecule has 3 heterocycles. The van der Waals surface area contributed by atoms with Crippen LogP contribution in [-0.4, -0.2) is 48.5 Å². The molecule has 11 nitrogen and oxygen atoms in total. The summed E-state index contributed by atoms with van der Waals surface area (Å²) in [6.45, 7) is 2.81. The number of carbonyl (C=O) groups is 1. The number of unbranched alkanes of at least 4 members (excludes halogenated alkanes) is 2. The number of benzene rings is 2. The van der Waals surface area contributed by atoms with Crippen molar-refractivity contribution < 1.29 is 9.53 Å². The second-order valence-corrected chi connectivity index (χ2v) is 11.5. The van der Waals surface area contributed by atoms with Gasteiger partial charge in [0.15, 0.2) is 17.0 Å². The first kappa shape index (κ1) is 31.3. The summed E-state index contributed by atoms with van der Waals surface area (Å²) in [6, 6.07) is 15.4. The van der Waals surface area contributed by atoms with Crippen LogP contribution in [0.15, 0.2) is 66.0 Å². The molecule has 5 rings (SSSR count). The molecule has 0 saturated heterocycles. The van der Waals surface area contributed by atoms with Gasteiger partial charge in [-0.2, -0.15) is 0 Å². The molecule has 42 heavy (non-hydrogen) atoms. The molecule has 13 heteroatoms. The molecule has 0 aliphatic carbocycles. The van der Waals surface area contributed by atoms with Crippen molar-refractivity contribution in [3.05, 3.63) is 77.4 Å². The summed E-state index contributed by atoms with van der Waals surface area (Å²) in [5.41, 5.74) is 9.37. The largest absolute Gasteiger partial charge is 0.469 e. The number of anilines is 2. The average Bonchev–Trinajstić information content (AvgIpc) is 3.44. The molecule has 3 N–H and O–H groups in total. The highest BCUT2D eigenvalue weighted by Crippen LogP contribution is 2.28. The number of halogens is 1. The maximum atomic E-state index is 13.5. The first-order chi connectivity index (χ1) is 20.5. The highest BCUT2D eigenvalue weighted by molar-refractivity contribution is 14.2. The van der Waals surface area contributed by atoms with Crippen LogP contribution in [0.3, 0.4) is 0 Å². The molecule has 0 amide bonds. The van der Waals surface area contributed by atoms with E-state index in [-0.39, 0.29) is 11.5 Å². The third kappa shape index (κ3) is 7.60. The first-order valence-electron chi connectivity index (χ1n) is 13.7. The van der Waals surface area contributed by atoms with Gasteiger partial charge < -0.3 is 15.8 Å². The minimum atomic E-state index is -0.174. The molecule has 0 fully saturated rings. The number of nitrogens with zero attached hydrogens (tertiary/aromatic N) is 6. The van der Waals surface area contributed by atoms with E-state index in [2.05, 4.69) is 54.0 Å². The van der Waals surface area contributed by atoms with E-state index < -0.39 is 0 Å². The SMILES string of the molecule is CCCc1nc2cccc(NCCCCCC(=O)OC)c2c(=O)n1-c1ccccc1.Nc1ncnc2c1ncn2PI. The number of nitrogens with two attached hydrogens (primary N) is 1. The molecule has 0 spiro atoms. The summed E-state index contributed by atoms with van der Waals surface area (Å²) in [7, 11) is 1.41. The predicted molar refractivity (Wildman–Crippen MR) is 178 cm³/mol. The van der Waals surface area contributed by atoms with E-state index in [9.17, 15) is 9.59 Å². The quantitative estimate of drug-likeness (QED) is 0.0770. The van der Waals surface area contributed by atoms with Crippen molar-refractivity contribution in [2.75, 3.05) is 24.7 Å². The fraction of sp³-hybridized carbons (Fsp3) is 0.310. The molecular formula is C29H34IN8O3P. The summed E-state index contributed by atoms with van der Waals surface area (Å²) in [5.74, 6) is 1.04. The van der Waals surface area contributed by atoms with Crippen LogP contribution in [0.4, 0.5) is 11.5 Å². The Labute approximate surface area is 258 Å². The van der Waals surface area contributed by atoms with Crippen LogP contribution in [0.2, 0.25) is 0 Å². The molecule has 0 saturated carbocycles. The molecule has 0 radical (unpaired) electrons. The van der Waals surface area contributed by atoms with Gasteiger partial charge >= 0.3 is 5.97 Å². The Hall–Kier alpha value is -3.64. The zero-order valence-electron chi connectivity index (χ0n) is 23.6. The Kier molecular flexibility index (Phi) is 11.6. The molecule has 1 atom stereocenters. The van der Waals surface area contributed by atoms with Crippen molar-refractivity contribution in [2.45, 2.75) is 45.4 Å². The van der Waals surface area contributed by atoms with E-state index in [1.807, 2.05) is 52.9 Å². The number of esters is 1. The van der Waals surface area contributed by atoms with E-state index >= 15 is 0 Å². The monoisotopic (exact) mass is 700 g/mol. The first-order valence-corrected chi connectivity index (χ1v) is 17.8. The van der Waals surface area contributed by atoms with E-state index in [4.69, 9.17) is 10.7 Å². The number of para-hydroxylation sites is 1. The molecule has 0 bridgehead atoms. The number of fused-ring (bicyclic) bond motifs is 2. The average molecular weight is 701 g/mol. The van der Waals surface area contributed by atoms with Crippen LogP contribution >= 0.6 is 28.4 Å². The Balaban J connectivity index is 0.000000279.